The minimum atomic E-state index is -0.0173. The number of rotatable bonds is 4. The van der Waals surface area contributed by atoms with Crippen molar-refractivity contribution in [2.75, 3.05) is 11.1 Å². The molecule has 0 radical (unpaired) electrons. The predicted molar refractivity (Wildman–Crippen MR) is 86.9 cm³/mol. The summed E-state index contributed by atoms with van der Waals surface area (Å²) in [6, 6.07) is 15.0. The summed E-state index contributed by atoms with van der Waals surface area (Å²) in [5, 5.41) is 21.2. The number of anilines is 3. The molecule has 0 spiro atoms. The molecular formula is C16H12N6O2. The van der Waals surface area contributed by atoms with Crippen molar-refractivity contribution < 1.29 is 9.84 Å². The van der Waals surface area contributed by atoms with Crippen LogP contribution in [0.5, 0.6) is 17.5 Å². The molecule has 0 amide bonds. The van der Waals surface area contributed by atoms with Gasteiger partial charge in [0.2, 0.25) is 11.9 Å². The molecule has 118 valence electrons. The number of hydrogen-bond acceptors (Lipinski definition) is 8. The second-order valence-electron chi connectivity index (χ2n) is 4.71. The first kappa shape index (κ1) is 15.1. The topological polar surface area (TPSA) is 130 Å². The summed E-state index contributed by atoms with van der Waals surface area (Å²) in [6.07, 6.45) is 0. The van der Waals surface area contributed by atoms with E-state index in [1.165, 1.54) is 12.1 Å². The molecule has 1 aromatic heterocycles. The van der Waals surface area contributed by atoms with Crippen molar-refractivity contribution in [2.24, 2.45) is 0 Å². The van der Waals surface area contributed by atoms with Gasteiger partial charge in [-0.2, -0.15) is 20.2 Å². The van der Waals surface area contributed by atoms with E-state index in [-0.39, 0.29) is 23.7 Å². The summed E-state index contributed by atoms with van der Waals surface area (Å²) < 4.78 is 5.47. The van der Waals surface area contributed by atoms with Crippen LogP contribution >= 0.6 is 0 Å². The van der Waals surface area contributed by atoms with E-state index in [4.69, 9.17) is 15.7 Å². The van der Waals surface area contributed by atoms with Gasteiger partial charge in [0.1, 0.15) is 11.5 Å². The number of ether oxygens (including phenoxy) is 1. The monoisotopic (exact) mass is 320 g/mol. The first-order chi connectivity index (χ1) is 11.6. The summed E-state index contributed by atoms with van der Waals surface area (Å²) >= 11 is 0. The van der Waals surface area contributed by atoms with Crippen molar-refractivity contribution in [2.45, 2.75) is 0 Å². The van der Waals surface area contributed by atoms with Gasteiger partial charge in [0.05, 0.1) is 11.6 Å². The summed E-state index contributed by atoms with van der Waals surface area (Å²) in [7, 11) is 0. The van der Waals surface area contributed by atoms with Gasteiger partial charge in [-0.3, -0.25) is 0 Å². The van der Waals surface area contributed by atoms with Crippen molar-refractivity contribution in [3.05, 3.63) is 54.1 Å². The van der Waals surface area contributed by atoms with Crippen molar-refractivity contribution in [1.82, 2.24) is 15.0 Å². The summed E-state index contributed by atoms with van der Waals surface area (Å²) in [5.74, 6) is 0.606. The van der Waals surface area contributed by atoms with Crippen LogP contribution in [0.3, 0.4) is 0 Å². The second-order valence-corrected chi connectivity index (χ2v) is 4.71. The standard InChI is InChI=1S/C16H12N6O2/c17-9-10-4-6-11(7-5-10)19-15-20-14(18)21-16(22-15)24-13-3-1-2-12(23)8-13/h1-8,23H,(H3,18,19,20,21,22). The van der Waals surface area contributed by atoms with Crippen LogP contribution in [0.2, 0.25) is 0 Å². The largest absolute Gasteiger partial charge is 0.508 e. The first-order valence-electron chi connectivity index (χ1n) is 6.88. The Hall–Kier alpha value is -3.86. The zero-order valence-corrected chi connectivity index (χ0v) is 12.3. The highest BCUT2D eigenvalue weighted by molar-refractivity contribution is 5.55. The molecule has 0 fully saturated rings. The Morgan fingerprint density at radius 1 is 1.08 bits per heavy atom. The predicted octanol–water partition coefficient (Wildman–Crippen LogP) is 2.57. The highest BCUT2D eigenvalue weighted by Gasteiger charge is 2.08. The molecule has 0 saturated carbocycles. The van der Waals surface area contributed by atoms with Gasteiger partial charge < -0.3 is 20.9 Å². The van der Waals surface area contributed by atoms with Crippen LogP contribution in [0.25, 0.3) is 0 Å². The molecule has 3 rings (SSSR count). The molecule has 3 aromatic rings. The molecule has 0 unspecified atom stereocenters. The van der Waals surface area contributed by atoms with E-state index in [1.54, 1.807) is 36.4 Å². The van der Waals surface area contributed by atoms with Gasteiger partial charge in [-0.05, 0) is 36.4 Å². The minimum absolute atomic E-state index is 0.00996. The number of nitrogens with two attached hydrogens (primary N) is 1. The molecule has 2 aromatic carbocycles. The molecule has 0 aliphatic rings. The number of phenolic OH excluding ortho intramolecular Hbond substituents is 1. The van der Waals surface area contributed by atoms with Gasteiger partial charge in [-0.1, -0.05) is 6.07 Å². The maximum atomic E-state index is 9.44. The highest BCUT2D eigenvalue weighted by Crippen LogP contribution is 2.23. The second kappa shape index (κ2) is 6.50. The lowest BCUT2D eigenvalue weighted by atomic mass is 10.2. The molecule has 8 nitrogen and oxygen atoms in total. The van der Waals surface area contributed by atoms with Crippen LogP contribution in [0, 0.1) is 11.3 Å². The lowest BCUT2D eigenvalue weighted by Crippen LogP contribution is -2.05. The first-order valence-corrected chi connectivity index (χ1v) is 6.88. The SMILES string of the molecule is N#Cc1ccc(Nc2nc(N)nc(Oc3cccc(O)c3)n2)cc1. The number of phenols is 1. The van der Waals surface area contributed by atoms with E-state index in [1.807, 2.05) is 6.07 Å². The quantitative estimate of drug-likeness (QED) is 0.668. The number of nitriles is 1. The number of aromatic nitrogens is 3. The Morgan fingerprint density at radius 3 is 2.58 bits per heavy atom. The molecule has 0 atom stereocenters. The van der Waals surface area contributed by atoms with Crippen molar-refractivity contribution in [1.29, 1.82) is 5.26 Å². The lowest BCUT2D eigenvalue weighted by Gasteiger charge is -2.08. The lowest BCUT2D eigenvalue weighted by molar-refractivity contribution is 0.431. The molecule has 4 N–H and O–H groups in total. The fourth-order valence-electron chi connectivity index (χ4n) is 1.88. The van der Waals surface area contributed by atoms with Crippen LogP contribution in [-0.4, -0.2) is 20.1 Å². The summed E-state index contributed by atoms with van der Waals surface area (Å²) in [4.78, 5) is 12.0. The zero-order valence-electron chi connectivity index (χ0n) is 12.3. The fraction of sp³-hybridized carbons (Fsp3) is 0. The van der Waals surface area contributed by atoms with Gasteiger partial charge >= 0.3 is 6.01 Å². The van der Waals surface area contributed by atoms with Crippen LogP contribution in [-0.2, 0) is 0 Å². The maximum absolute atomic E-state index is 9.44. The summed E-state index contributed by atoms with van der Waals surface area (Å²) in [6.45, 7) is 0. The molecular weight excluding hydrogens is 308 g/mol. The van der Waals surface area contributed by atoms with Crippen molar-refractivity contribution >= 4 is 17.6 Å². The van der Waals surface area contributed by atoms with Crippen LogP contribution in [0.1, 0.15) is 5.56 Å². The molecule has 24 heavy (non-hydrogen) atoms. The molecule has 0 aliphatic carbocycles. The third-order valence-corrected chi connectivity index (χ3v) is 2.93. The third-order valence-electron chi connectivity index (χ3n) is 2.93. The molecule has 0 aliphatic heterocycles. The van der Waals surface area contributed by atoms with Crippen LogP contribution in [0.15, 0.2) is 48.5 Å². The van der Waals surface area contributed by atoms with E-state index in [2.05, 4.69) is 20.3 Å². The molecule has 0 saturated heterocycles. The Morgan fingerprint density at radius 2 is 1.88 bits per heavy atom. The maximum Gasteiger partial charge on any atom is 0.328 e. The van der Waals surface area contributed by atoms with E-state index < -0.39 is 0 Å². The van der Waals surface area contributed by atoms with Gasteiger partial charge in [0.15, 0.2) is 0 Å². The number of hydrogen-bond donors (Lipinski definition) is 3. The Labute approximate surface area is 137 Å². The zero-order chi connectivity index (χ0) is 16.9. The van der Waals surface area contributed by atoms with Gasteiger partial charge in [0.25, 0.3) is 0 Å². The third kappa shape index (κ3) is 3.66. The van der Waals surface area contributed by atoms with Crippen LogP contribution in [0.4, 0.5) is 17.6 Å². The van der Waals surface area contributed by atoms with Crippen LogP contribution < -0.4 is 15.8 Å². The fourth-order valence-corrected chi connectivity index (χ4v) is 1.88. The van der Waals surface area contributed by atoms with Gasteiger partial charge in [0, 0.05) is 11.8 Å². The normalized spacial score (nSPS) is 9.96. The molecule has 1 heterocycles. The smallest absolute Gasteiger partial charge is 0.328 e. The summed E-state index contributed by atoms with van der Waals surface area (Å²) in [5.41, 5.74) is 6.90. The number of nitrogens with one attached hydrogen (secondary N) is 1. The van der Waals surface area contributed by atoms with E-state index in [0.717, 1.165) is 0 Å². The Balaban J connectivity index is 1.81. The van der Waals surface area contributed by atoms with E-state index in [0.29, 0.717) is 17.0 Å². The minimum Gasteiger partial charge on any atom is -0.508 e. The average molecular weight is 320 g/mol. The Bertz CT molecular complexity index is 905. The van der Waals surface area contributed by atoms with E-state index >= 15 is 0 Å². The average Bonchev–Trinajstić information content (AvgIpc) is 2.55. The molecule has 0 bridgehead atoms. The van der Waals surface area contributed by atoms with Gasteiger partial charge in [-0.25, -0.2) is 0 Å². The Kier molecular flexibility index (Phi) is 4.07. The van der Waals surface area contributed by atoms with Gasteiger partial charge in [-0.15, -0.1) is 0 Å². The number of benzene rings is 2. The number of nitrogens with zero attached hydrogens (tertiary/aromatic N) is 4. The number of aromatic hydroxyl groups is 1. The van der Waals surface area contributed by atoms with Crippen molar-refractivity contribution in [3.63, 3.8) is 0 Å². The highest BCUT2D eigenvalue weighted by atomic mass is 16.5. The number of nitrogen functional groups attached to an aromatic ring is 1. The van der Waals surface area contributed by atoms with Crippen molar-refractivity contribution in [3.8, 4) is 23.6 Å². The van der Waals surface area contributed by atoms with E-state index in [9.17, 15) is 5.11 Å². The molecule has 8 heteroatoms.